The fourth-order valence-electron chi connectivity index (χ4n) is 4.51. The van der Waals surface area contributed by atoms with Gasteiger partial charge in [0.15, 0.2) is 0 Å². The van der Waals surface area contributed by atoms with E-state index in [2.05, 4.69) is 11.5 Å². The van der Waals surface area contributed by atoms with Crippen molar-refractivity contribution in [2.75, 3.05) is 40.5 Å². The molecule has 0 saturated heterocycles. The number of para-hydroxylation sites is 2. The molecule has 2 heterocycles. The van der Waals surface area contributed by atoms with Crippen LogP contribution in [0.2, 0.25) is 0 Å². The highest BCUT2D eigenvalue weighted by atomic mass is 19.1. The summed E-state index contributed by atoms with van der Waals surface area (Å²) in [5.74, 6) is -1.88. The second-order valence-electron chi connectivity index (χ2n) is 8.55. The smallest absolute Gasteiger partial charge is 0.260 e. The summed E-state index contributed by atoms with van der Waals surface area (Å²) in [6.07, 6.45) is 2.59. The zero-order valence-corrected chi connectivity index (χ0v) is 20.5. The third-order valence-corrected chi connectivity index (χ3v) is 6.29. The monoisotopic (exact) mass is 496 g/mol. The number of benzene rings is 2. The van der Waals surface area contributed by atoms with Crippen LogP contribution in [0.1, 0.15) is 27.3 Å². The average Bonchev–Trinajstić information content (AvgIpc) is 3.23. The van der Waals surface area contributed by atoms with Crippen LogP contribution in [0.15, 0.2) is 55.1 Å². The fourth-order valence-corrected chi connectivity index (χ4v) is 4.51. The highest BCUT2D eigenvalue weighted by molar-refractivity contribution is 5.94. The molecule has 2 aromatic carbocycles. The topological polar surface area (TPSA) is 59.8 Å². The quantitative estimate of drug-likeness (QED) is 0.397. The number of ether oxygens (including phenoxy) is 2. The molecule has 1 aliphatic heterocycles. The van der Waals surface area contributed by atoms with Gasteiger partial charge in [0, 0.05) is 45.3 Å². The Kier molecular flexibility index (Phi) is 8.12. The molecule has 190 valence electrons. The van der Waals surface area contributed by atoms with Gasteiger partial charge in [-0.15, -0.1) is 6.58 Å². The van der Waals surface area contributed by atoms with Gasteiger partial charge < -0.3 is 14.4 Å². The Labute approximate surface area is 209 Å². The van der Waals surface area contributed by atoms with E-state index in [1.807, 2.05) is 35.0 Å². The highest BCUT2D eigenvalue weighted by Crippen LogP contribution is 2.30. The minimum absolute atomic E-state index is 0.0718. The first-order valence-corrected chi connectivity index (χ1v) is 11.8. The minimum Gasteiger partial charge on any atom is -0.494 e. The maximum absolute atomic E-state index is 14.5. The molecule has 0 atom stereocenters. The van der Waals surface area contributed by atoms with Crippen LogP contribution in [-0.4, -0.2) is 65.9 Å². The van der Waals surface area contributed by atoms with Crippen molar-refractivity contribution in [1.29, 1.82) is 0 Å². The number of nitrogens with zero attached hydrogens (tertiary/aromatic N) is 4. The molecule has 36 heavy (non-hydrogen) atoms. The second kappa shape index (κ2) is 11.5. The van der Waals surface area contributed by atoms with Crippen LogP contribution in [0.4, 0.5) is 8.78 Å². The largest absolute Gasteiger partial charge is 0.494 e. The molecule has 7 nitrogen and oxygen atoms in total. The van der Waals surface area contributed by atoms with E-state index in [4.69, 9.17) is 14.6 Å². The van der Waals surface area contributed by atoms with Gasteiger partial charge in [0.2, 0.25) is 0 Å². The van der Waals surface area contributed by atoms with Gasteiger partial charge in [0.1, 0.15) is 28.6 Å². The standard InChI is InChI=1S/C27H30F2N4O3/c1-4-13-31-14-12-23-19(17-31)22(30-33(23)24-10-5-6-11-25(24)36-3)18-32(15-16-35-2)27(34)26-20(28)8-7-9-21(26)29/h4-11H,1,12-18H2,2-3H3. The molecular formula is C27H30F2N4O3. The van der Waals surface area contributed by atoms with E-state index < -0.39 is 23.1 Å². The van der Waals surface area contributed by atoms with Crippen LogP contribution >= 0.6 is 0 Å². The Balaban J connectivity index is 1.77. The number of amides is 1. The summed E-state index contributed by atoms with van der Waals surface area (Å²) < 4.78 is 41.5. The fraction of sp³-hybridized carbons (Fsp3) is 0.333. The van der Waals surface area contributed by atoms with Crippen molar-refractivity contribution in [2.24, 2.45) is 0 Å². The molecule has 0 spiro atoms. The normalized spacial score (nSPS) is 13.3. The van der Waals surface area contributed by atoms with Gasteiger partial charge in [-0.3, -0.25) is 9.69 Å². The zero-order valence-electron chi connectivity index (χ0n) is 20.5. The Hall–Kier alpha value is -3.56. The van der Waals surface area contributed by atoms with Crippen molar-refractivity contribution < 1.29 is 23.0 Å². The Morgan fingerprint density at radius 2 is 1.92 bits per heavy atom. The van der Waals surface area contributed by atoms with Crippen LogP contribution in [-0.2, 0) is 24.2 Å². The van der Waals surface area contributed by atoms with E-state index in [-0.39, 0.29) is 19.7 Å². The van der Waals surface area contributed by atoms with Gasteiger partial charge in [-0.25, -0.2) is 13.5 Å². The molecule has 1 aromatic heterocycles. The average molecular weight is 497 g/mol. The summed E-state index contributed by atoms with van der Waals surface area (Å²) in [5.41, 5.74) is 2.87. The van der Waals surface area contributed by atoms with E-state index in [1.54, 1.807) is 7.11 Å². The van der Waals surface area contributed by atoms with Crippen LogP contribution in [0, 0.1) is 11.6 Å². The van der Waals surface area contributed by atoms with Crippen molar-refractivity contribution in [3.05, 3.63) is 89.3 Å². The lowest BCUT2D eigenvalue weighted by Gasteiger charge is -2.27. The van der Waals surface area contributed by atoms with Gasteiger partial charge in [-0.2, -0.15) is 5.10 Å². The third kappa shape index (κ3) is 5.17. The number of methoxy groups -OCH3 is 2. The molecule has 1 amide bonds. The van der Waals surface area contributed by atoms with Gasteiger partial charge >= 0.3 is 0 Å². The highest BCUT2D eigenvalue weighted by Gasteiger charge is 2.29. The van der Waals surface area contributed by atoms with Gasteiger partial charge in [0.05, 0.1) is 31.6 Å². The molecule has 0 saturated carbocycles. The summed E-state index contributed by atoms with van der Waals surface area (Å²) in [5, 5.41) is 4.90. The number of rotatable bonds is 10. The molecule has 9 heteroatoms. The first-order valence-electron chi connectivity index (χ1n) is 11.8. The number of hydrogen-bond donors (Lipinski definition) is 0. The lowest BCUT2D eigenvalue weighted by Crippen LogP contribution is -2.36. The molecule has 0 N–H and O–H groups in total. The van der Waals surface area contributed by atoms with E-state index >= 15 is 0 Å². The Morgan fingerprint density at radius 3 is 2.61 bits per heavy atom. The number of halogens is 2. The number of fused-ring (bicyclic) bond motifs is 1. The van der Waals surface area contributed by atoms with Gasteiger partial charge in [0.25, 0.3) is 5.91 Å². The van der Waals surface area contributed by atoms with Crippen molar-refractivity contribution >= 4 is 5.91 Å². The lowest BCUT2D eigenvalue weighted by molar-refractivity contribution is 0.0667. The van der Waals surface area contributed by atoms with Crippen LogP contribution in [0.25, 0.3) is 5.69 Å². The van der Waals surface area contributed by atoms with Gasteiger partial charge in [-0.05, 0) is 24.3 Å². The van der Waals surface area contributed by atoms with Crippen molar-refractivity contribution in [2.45, 2.75) is 19.5 Å². The lowest BCUT2D eigenvalue weighted by atomic mass is 10.0. The van der Waals surface area contributed by atoms with Crippen molar-refractivity contribution in [3.8, 4) is 11.4 Å². The maximum Gasteiger partial charge on any atom is 0.260 e. The van der Waals surface area contributed by atoms with E-state index in [1.165, 1.54) is 18.1 Å². The first kappa shape index (κ1) is 25.5. The molecule has 0 fully saturated rings. The minimum atomic E-state index is -0.902. The van der Waals surface area contributed by atoms with E-state index in [0.29, 0.717) is 24.5 Å². The molecule has 0 aliphatic carbocycles. The number of hydrogen-bond acceptors (Lipinski definition) is 5. The molecule has 0 bridgehead atoms. The molecule has 1 aliphatic rings. The predicted octanol–water partition coefficient (Wildman–Crippen LogP) is 3.99. The van der Waals surface area contributed by atoms with E-state index in [9.17, 15) is 13.6 Å². The summed E-state index contributed by atoms with van der Waals surface area (Å²) in [7, 11) is 3.12. The first-order chi connectivity index (χ1) is 17.5. The number of carbonyl (C=O) groups is 1. The third-order valence-electron chi connectivity index (χ3n) is 6.29. The van der Waals surface area contributed by atoms with Crippen LogP contribution in [0.3, 0.4) is 0 Å². The maximum atomic E-state index is 14.5. The molecule has 4 rings (SSSR count). The molecular weight excluding hydrogens is 466 g/mol. The second-order valence-corrected chi connectivity index (χ2v) is 8.55. The van der Waals surface area contributed by atoms with E-state index in [0.717, 1.165) is 42.0 Å². The summed E-state index contributed by atoms with van der Waals surface area (Å²) in [4.78, 5) is 16.9. The van der Waals surface area contributed by atoms with Crippen LogP contribution in [0.5, 0.6) is 5.75 Å². The van der Waals surface area contributed by atoms with Gasteiger partial charge in [-0.1, -0.05) is 24.3 Å². The van der Waals surface area contributed by atoms with Crippen molar-refractivity contribution in [3.63, 3.8) is 0 Å². The molecule has 0 unspecified atom stereocenters. The molecule has 0 radical (unpaired) electrons. The molecule has 3 aromatic rings. The predicted molar refractivity (Wildman–Crippen MR) is 132 cm³/mol. The van der Waals surface area contributed by atoms with Crippen molar-refractivity contribution in [1.82, 2.24) is 19.6 Å². The number of aromatic nitrogens is 2. The summed E-state index contributed by atoms with van der Waals surface area (Å²) >= 11 is 0. The SMILES string of the molecule is C=CCN1CCc2c(c(CN(CCOC)C(=O)c3c(F)cccc3F)nn2-c2ccccc2OC)C1. The van der Waals surface area contributed by atoms with Crippen LogP contribution < -0.4 is 4.74 Å². The number of carbonyl (C=O) groups excluding carboxylic acids is 1. The Morgan fingerprint density at radius 1 is 1.17 bits per heavy atom. The zero-order chi connectivity index (χ0) is 25.7. The summed E-state index contributed by atoms with van der Waals surface area (Å²) in [6, 6.07) is 11.0. The summed E-state index contributed by atoms with van der Waals surface area (Å²) in [6.45, 7) is 6.43. The Bertz CT molecular complexity index is 1220.